The van der Waals surface area contributed by atoms with E-state index in [1.807, 2.05) is 19.9 Å². The predicted molar refractivity (Wildman–Crippen MR) is 60.8 cm³/mol. The summed E-state index contributed by atoms with van der Waals surface area (Å²) in [5, 5.41) is 8.98. The van der Waals surface area contributed by atoms with Crippen molar-refractivity contribution < 1.29 is 14.3 Å². The molecule has 0 saturated carbocycles. The van der Waals surface area contributed by atoms with Gasteiger partial charge < -0.3 is 9.47 Å². The van der Waals surface area contributed by atoms with Gasteiger partial charge in [0.25, 0.3) is 0 Å². The summed E-state index contributed by atoms with van der Waals surface area (Å²) in [6, 6.07) is 3.39. The van der Waals surface area contributed by atoms with Crippen LogP contribution >= 0.6 is 0 Å². The molecule has 0 unspecified atom stereocenters. The Balaban J connectivity index is 3.25. The Morgan fingerprint density at radius 2 is 2.18 bits per heavy atom. The van der Waals surface area contributed by atoms with Crippen LogP contribution in [0.3, 0.4) is 0 Å². The number of hydrogen-bond acceptors (Lipinski definition) is 5. The number of methoxy groups -OCH3 is 1. The van der Waals surface area contributed by atoms with Gasteiger partial charge in [0.2, 0.25) is 5.88 Å². The fourth-order valence-corrected chi connectivity index (χ4v) is 1.29. The van der Waals surface area contributed by atoms with Gasteiger partial charge in [-0.25, -0.2) is 9.78 Å². The second kappa shape index (κ2) is 5.30. The van der Waals surface area contributed by atoms with E-state index in [1.165, 1.54) is 13.2 Å². The van der Waals surface area contributed by atoms with Gasteiger partial charge in [-0.05, 0) is 26.8 Å². The Kier molecular flexibility index (Phi) is 4.05. The summed E-state index contributed by atoms with van der Waals surface area (Å²) in [4.78, 5) is 15.5. The lowest BCUT2D eigenvalue weighted by atomic mass is 10.1. The van der Waals surface area contributed by atoms with E-state index in [-0.39, 0.29) is 23.1 Å². The summed E-state index contributed by atoms with van der Waals surface area (Å²) in [5.74, 6) is -0.268. The monoisotopic (exact) mass is 234 g/mol. The van der Waals surface area contributed by atoms with Crippen LogP contribution in [0.1, 0.15) is 35.5 Å². The summed E-state index contributed by atoms with van der Waals surface area (Å²) >= 11 is 0. The number of pyridine rings is 1. The van der Waals surface area contributed by atoms with Crippen LogP contribution in [0.25, 0.3) is 0 Å². The molecule has 1 aromatic rings. The average Bonchev–Trinajstić information content (AvgIpc) is 2.27. The highest BCUT2D eigenvalue weighted by molar-refractivity contribution is 5.91. The standard InChI is InChI=1S/C12H14N2O3/c1-7(2)17-11-9(6-13)5-10(8(3)14-11)12(15)16-4/h5,7H,1-4H3. The number of rotatable bonds is 3. The molecule has 17 heavy (non-hydrogen) atoms. The largest absolute Gasteiger partial charge is 0.474 e. The second-order valence-corrected chi connectivity index (χ2v) is 3.74. The summed E-state index contributed by atoms with van der Waals surface area (Å²) in [7, 11) is 1.28. The third-order valence-corrected chi connectivity index (χ3v) is 2.05. The van der Waals surface area contributed by atoms with Crippen molar-refractivity contribution in [2.45, 2.75) is 26.9 Å². The SMILES string of the molecule is COC(=O)c1cc(C#N)c(OC(C)C)nc1C. The van der Waals surface area contributed by atoms with Crippen LogP contribution in [0.2, 0.25) is 0 Å². The number of carbonyl (C=O) groups is 1. The number of ether oxygens (including phenoxy) is 2. The van der Waals surface area contributed by atoms with Crippen molar-refractivity contribution in [3.05, 3.63) is 22.9 Å². The summed E-state index contributed by atoms with van der Waals surface area (Å²) < 4.78 is 10.0. The fourth-order valence-electron chi connectivity index (χ4n) is 1.29. The zero-order valence-electron chi connectivity index (χ0n) is 10.3. The molecular formula is C12H14N2O3. The maximum absolute atomic E-state index is 11.4. The van der Waals surface area contributed by atoms with Gasteiger partial charge in [-0.1, -0.05) is 0 Å². The number of aryl methyl sites for hydroxylation is 1. The molecule has 0 saturated heterocycles. The van der Waals surface area contributed by atoms with E-state index in [2.05, 4.69) is 9.72 Å². The third-order valence-electron chi connectivity index (χ3n) is 2.05. The van der Waals surface area contributed by atoms with Crippen LogP contribution in [0, 0.1) is 18.3 Å². The first-order valence-electron chi connectivity index (χ1n) is 5.16. The summed E-state index contributed by atoms with van der Waals surface area (Å²) in [5.41, 5.74) is 0.983. The van der Waals surface area contributed by atoms with Crippen molar-refractivity contribution in [1.82, 2.24) is 4.98 Å². The summed E-state index contributed by atoms with van der Waals surface area (Å²) in [6.45, 7) is 5.35. The highest BCUT2D eigenvalue weighted by Gasteiger charge is 2.16. The molecule has 90 valence electrons. The van der Waals surface area contributed by atoms with Gasteiger partial charge in [-0.15, -0.1) is 0 Å². The molecule has 0 aromatic carbocycles. The number of hydrogen-bond donors (Lipinski definition) is 0. The van der Waals surface area contributed by atoms with E-state index < -0.39 is 5.97 Å². The smallest absolute Gasteiger partial charge is 0.339 e. The molecule has 5 nitrogen and oxygen atoms in total. The number of nitrogens with zero attached hydrogens (tertiary/aromatic N) is 2. The Labute approximate surface area is 100.0 Å². The van der Waals surface area contributed by atoms with Crippen molar-refractivity contribution >= 4 is 5.97 Å². The van der Waals surface area contributed by atoms with Crippen molar-refractivity contribution in [3.8, 4) is 11.9 Å². The van der Waals surface area contributed by atoms with Crippen molar-refractivity contribution in [1.29, 1.82) is 5.26 Å². The molecular weight excluding hydrogens is 220 g/mol. The fraction of sp³-hybridized carbons (Fsp3) is 0.417. The first kappa shape index (κ1) is 13.0. The van der Waals surface area contributed by atoms with E-state index in [0.717, 1.165) is 0 Å². The zero-order valence-corrected chi connectivity index (χ0v) is 10.3. The normalized spacial score (nSPS) is 9.88. The van der Waals surface area contributed by atoms with E-state index in [4.69, 9.17) is 10.00 Å². The molecule has 0 radical (unpaired) electrons. The van der Waals surface area contributed by atoms with Crippen LogP contribution < -0.4 is 4.74 Å². The van der Waals surface area contributed by atoms with Crippen molar-refractivity contribution in [3.63, 3.8) is 0 Å². The van der Waals surface area contributed by atoms with E-state index in [1.54, 1.807) is 6.92 Å². The summed E-state index contributed by atoms with van der Waals surface area (Å²) in [6.07, 6.45) is -0.0852. The maximum Gasteiger partial charge on any atom is 0.339 e. The minimum Gasteiger partial charge on any atom is -0.474 e. The molecule has 0 aliphatic carbocycles. The molecule has 0 aliphatic rings. The molecule has 0 aliphatic heterocycles. The molecule has 0 bridgehead atoms. The van der Waals surface area contributed by atoms with Crippen LogP contribution in [-0.2, 0) is 4.74 Å². The molecule has 1 rings (SSSR count). The van der Waals surface area contributed by atoms with Crippen LogP contribution in [0.5, 0.6) is 5.88 Å². The Bertz CT molecular complexity index is 475. The quantitative estimate of drug-likeness (QED) is 0.746. The molecule has 5 heteroatoms. The van der Waals surface area contributed by atoms with Gasteiger partial charge in [0.15, 0.2) is 0 Å². The molecule has 0 N–H and O–H groups in total. The Morgan fingerprint density at radius 3 is 2.65 bits per heavy atom. The highest BCUT2D eigenvalue weighted by Crippen LogP contribution is 2.20. The van der Waals surface area contributed by atoms with Crippen LogP contribution in [-0.4, -0.2) is 24.2 Å². The van der Waals surface area contributed by atoms with Gasteiger partial charge >= 0.3 is 5.97 Å². The number of aromatic nitrogens is 1. The molecule has 0 atom stereocenters. The first-order valence-corrected chi connectivity index (χ1v) is 5.16. The molecule has 1 heterocycles. The Morgan fingerprint density at radius 1 is 1.53 bits per heavy atom. The minimum absolute atomic E-state index is 0.0852. The van der Waals surface area contributed by atoms with Crippen LogP contribution in [0.4, 0.5) is 0 Å². The van der Waals surface area contributed by atoms with Gasteiger partial charge in [-0.2, -0.15) is 5.26 Å². The van der Waals surface area contributed by atoms with Gasteiger partial charge in [0.1, 0.15) is 11.6 Å². The lowest BCUT2D eigenvalue weighted by Crippen LogP contribution is -2.12. The van der Waals surface area contributed by atoms with Crippen LogP contribution in [0.15, 0.2) is 6.07 Å². The number of esters is 1. The lowest BCUT2D eigenvalue weighted by Gasteiger charge is -2.12. The lowest BCUT2D eigenvalue weighted by molar-refractivity contribution is 0.0599. The minimum atomic E-state index is -0.511. The third kappa shape index (κ3) is 2.94. The maximum atomic E-state index is 11.4. The predicted octanol–water partition coefficient (Wildman–Crippen LogP) is 1.84. The van der Waals surface area contributed by atoms with Gasteiger partial charge in [0.05, 0.1) is 24.5 Å². The van der Waals surface area contributed by atoms with E-state index >= 15 is 0 Å². The number of carbonyl (C=O) groups excluding carboxylic acids is 1. The average molecular weight is 234 g/mol. The van der Waals surface area contributed by atoms with E-state index in [9.17, 15) is 4.79 Å². The molecule has 0 spiro atoms. The molecule has 0 fully saturated rings. The topological polar surface area (TPSA) is 72.2 Å². The molecule has 0 amide bonds. The van der Waals surface area contributed by atoms with Crippen molar-refractivity contribution in [2.24, 2.45) is 0 Å². The Hall–Kier alpha value is -2.09. The van der Waals surface area contributed by atoms with Crippen molar-refractivity contribution in [2.75, 3.05) is 7.11 Å². The van der Waals surface area contributed by atoms with Gasteiger partial charge in [0, 0.05) is 0 Å². The first-order chi connectivity index (χ1) is 7.99. The zero-order chi connectivity index (χ0) is 13.0. The second-order valence-electron chi connectivity index (χ2n) is 3.74. The van der Waals surface area contributed by atoms with E-state index in [0.29, 0.717) is 5.69 Å². The number of nitriles is 1. The molecule has 1 aromatic heterocycles. The van der Waals surface area contributed by atoms with Gasteiger partial charge in [-0.3, -0.25) is 0 Å². The highest BCUT2D eigenvalue weighted by atomic mass is 16.5.